The van der Waals surface area contributed by atoms with Crippen LogP contribution in [0.1, 0.15) is 20.3 Å². The lowest BCUT2D eigenvalue weighted by Crippen LogP contribution is -2.68. The molecular formula is C32H59N3O22. The van der Waals surface area contributed by atoms with E-state index < -0.39 is 148 Å². The summed E-state index contributed by atoms with van der Waals surface area (Å²) in [6.07, 6.45) is -27.6. The third kappa shape index (κ3) is 13.3. The lowest BCUT2D eigenvalue weighted by atomic mass is 9.92. The van der Waals surface area contributed by atoms with E-state index >= 15 is 0 Å². The van der Waals surface area contributed by atoms with E-state index in [-0.39, 0.29) is 26.2 Å². The maximum Gasteiger partial charge on any atom is 0.275 e. The highest BCUT2D eigenvalue weighted by Gasteiger charge is 2.52. The van der Waals surface area contributed by atoms with Gasteiger partial charge in [-0.05, 0) is 13.3 Å². The number of amides is 2. The molecule has 0 aromatic carbocycles. The topological polar surface area (TPSA) is 376 Å². The molecule has 0 aromatic heterocycles. The van der Waals surface area contributed by atoms with Gasteiger partial charge in [0, 0.05) is 27.7 Å². The van der Waals surface area contributed by atoms with Gasteiger partial charge in [-0.25, -0.2) is 5.48 Å². The average molecular weight is 838 g/mol. The predicted octanol–water partition coefficient (Wildman–Crippen LogP) is -8.65. The van der Waals surface area contributed by atoms with Gasteiger partial charge in [-0.15, -0.1) is 0 Å². The predicted molar refractivity (Wildman–Crippen MR) is 183 cm³/mol. The standard InChI is InChI=1S/C32H59N3O22/c1-12-18(34-13(2)37)27(22(43)16(9-36)54-12)56-32-26(47)24(45)28(50-4)29(57-32)30(48)35-53-7-5-6-52-33-8-14(38)19(40)20(41)15(39)10-51-31-25(46)23(44)21(42)17(55-31)11-49-3/h12,14-29,31-33,36,38-47H,5-11H2,1-4H3,(H,34,37)(H,35,48)/t12?,14?,15?,16?,17?,18?,19-,20-,21-,22-,23+,24-,25?,26?,27-,28+,29?,31+,32-/m1/s1. The van der Waals surface area contributed by atoms with Gasteiger partial charge in [-0.2, -0.15) is 5.48 Å². The Hall–Kier alpha value is -1.90. The number of aliphatic hydroxyl groups excluding tert-OH is 11. The molecule has 3 fully saturated rings. The van der Waals surface area contributed by atoms with Crippen LogP contribution in [-0.4, -0.2) is 238 Å². The molecule has 9 unspecified atom stereocenters. The minimum Gasteiger partial charge on any atom is -0.394 e. The molecule has 3 aliphatic heterocycles. The van der Waals surface area contributed by atoms with Crippen molar-refractivity contribution in [3.63, 3.8) is 0 Å². The zero-order chi connectivity index (χ0) is 42.6. The summed E-state index contributed by atoms with van der Waals surface area (Å²) in [7, 11) is 2.48. The molecule has 0 saturated carbocycles. The van der Waals surface area contributed by atoms with E-state index in [1.165, 1.54) is 14.0 Å². The summed E-state index contributed by atoms with van der Waals surface area (Å²) in [4.78, 5) is 35.2. The van der Waals surface area contributed by atoms with E-state index in [0.29, 0.717) is 0 Å². The summed E-state index contributed by atoms with van der Waals surface area (Å²) in [6, 6.07) is -0.984. The summed E-state index contributed by atoms with van der Waals surface area (Å²) in [5, 5.41) is 116. The molecule has 0 bridgehead atoms. The van der Waals surface area contributed by atoms with Crippen molar-refractivity contribution in [2.75, 3.05) is 53.8 Å². The van der Waals surface area contributed by atoms with Crippen LogP contribution in [0.2, 0.25) is 0 Å². The first-order valence-electron chi connectivity index (χ1n) is 18.2. The Balaban J connectivity index is 1.39. The van der Waals surface area contributed by atoms with Crippen molar-refractivity contribution < 1.29 is 109 Å². The Bertz CT molecular complexity index is 1200. The minimum absolute atomic E-state index is 0.0658. The van der Waals surface area contributed by atoms with E-state index in [0.717, 1.165) is 7.11 Å². The lowest BCUT2D eigenvalue weighted by Gasteiger charge is -2.47. The molecule has 3 aliphatic rings. The van der Waals surface area contributed by atoms with Gasteiger partial charge in [0.2, 0.25) is 5.91 Å². The van der Waals surface area contributed by atoms with Gasteiger partial charge in [0.05, 0.1) is 51.3 Å². The summed E-state index contributed by atoms with van der Waals surface area (Å²) >= 11 is 0. The molecule has 334 valence electrons. The lowest BCUT2D eigenvalue weighted by molar-refractivity contribution is -0.326. The first-order valence-corrected chi connectivity index (χ1v) is 18.2. The van der Waals surface area contributed by atoms with Gasteiger partial charge in [-0.1, -0.05) is 0 Å². The minimum atomic E-state index is -1.95. The van der Waals surface area contributed by atoms with Crippen molar-refractivity contribution in [2.24, 2.45) is 0 Å². The number of aliphatic hydroxyl groups is 11. The average Bonchev–Trinajstić information content (AvgIpc) is 3.18. The number of ether oxygens (including phenoxy) is 7. The molecule has 0 spiro atoms. The number of carbonyl (C=O) groups excluding carboxylic acids is 2. The van der Waals surface area contributed by atoms with Crippen LogP contribution in [0, 0.1) is 0 Å². The van der Waals surface area contributed by atoms with Crippen molar-refractivity contribution in [3.05, 3.63) is 0 Å². The Morgan fingerprint density at radius 1 is 0.754 bits per heavy atom. The molecular weight excluding hydrogens is 778 g/mol. The Morgan fingerprint density at radius 2 is 1.40 bits per heavy atom. The second-order valence-corrected chi connectivity index (χ2v) is 13.8. The van der Waals surface area contributed by atoms with Crippen LogP contribution in [0.5, 0.6) is 0 Å². The van der Waals surface area contributed by atoms with Crippen molar-refractivity contribution in [2.45, 2.75) is 137 Å². The Labute approximate surface area is 327 Å². The molecule has 19 atom stereocenters. The Morgan fingerprint density at radius 3 is 2.04 bits per heavy atom. The molecule has 0 radical (unpaired) electrons. The zero-order valence-corrected chi connectivity index (χ0v) is 31.8. The maximum atomic E-state index is 13.0. The molecule has 14 N–H and O–H groups in total. The van der Waals surface area contributed by atoms with Crippen molar-refractivity contribution in [1.82, 2.24) is 16.3 Å². The van der Waals surface area contributed by atoms with Crippen LogP contribution in [0.4, 0.5) is 0 Å². The number of nitrogens with one attached hydrogen (secondary N) is 3. The van der Waals surface area contributed by atoms with E-state index in [1.54, 1.807) is 6.92 Å². The highest BCUT2D eigenvalue weighted by atomic mass is 16.7. The van der Waals surface area contributed by atoms with E-state index in [2.05, 4.69) is 16.3 Å². The van der Waals surface area contributed by atoms with Crippen molar-refractivity contribution in [3.8, 4) is 0 Å². The largest absolute Gasteiger partial charge is 0.394 e. The quantitative estimate of drug-likeness (QED) is 0.0356. The molecule has 0 aliphatic carbocycles. The van der Waals surface area contributed by atoms with Gasteiger partial charge in [0.1, 0.15) is 79.4 Å². The third-order valence-electron chi connectivity index (χ3n) is 9.51. The molecule has 57 heavy (non-hydrogen) atoms. The molecule has 3 heterocycles. The monoisotopic (exact) mass is 837 g/mol. The fourth-order valence-electron chi connectivity index (χ4n) is 6.28. The molecule has 0 aromatic rings. The van der Waals surface area contributed by atoms with Gasteiger partial charge >= 0.3 is 0 Å². The number of hydrogen-bond acceptors (Lipinski definition) is 23. The fourth-order valence-corrected chi connectivity index (χ4v) is 6.28. The summed E-state index contributed by atoms with van der Waals surface area (Å²) < 4.78 is 37.7. The molecule has 25 heteroatoms. The fraction of sp³-hybridized carbons (Fsp3) is 0.938. The number of rotatable bonds is 22. The van der Waals surface area contributed by atoms with Gasteiger partial charge in [-0.3, -0.25) is 14.4 Å². The highest BCUT2D eigenvalue weighted by molar-refractivity contribution is 5.80. The van der Waals surface area contributed by atoms with E-state index in [4.69, 9.17) is 42.8 Å². The van der Waals surface area contributed by atoms with Crippen LogP contribution >= 0.6 is 0 Å². The second-order valence-electron chi connectivity index (χ2n) is 13.8. The molecule has 2 amide bonds. The number of carbonyl (C=O) groups is 2. The number of methoxy groups -OCH3 is 2. The molecule has 3 saturated heterocycles. The van der Waals surface area contributed by atoms with Gasteiger partial charge < -0.3 is 99.5 Å². The number of hydrogen-bond donors (Lipinski definition) is 14. The molecule has 25 nitrogen and oxygen atoms in total. The van der Waals surface area contributed by atoms with Crippen LogP contribution in [0.25, 0.3) is 0 Å². The first kappa shape index (κ1) is 49.5. The van der Waals surface area contributed by atoms with Crippen LogP contribution in [0.3, 0.4) is 0 Å². The summed E-state index contributed by atoms with van der Waals surface area (Å²) in [6.45, 7) is 0.672. The maximum absolute atomic E-state index is 13.0. The Kier molecular flexibility index (Phi) is 20.6. The highest BCUT2D eigenvalue weighted by Crippen LogP contribution is 2.30. The van der Waals surface area contributed by atoms with Gasteiger partial charge in [0.15, 0.2) is 18.7 Å². The van der Waals surface area contributed by atoms with Crippen LogP contribution in [-0.2, 0) is 52.4 Å². The van der Waals surface area contributed by atoms with Gasteiger partial charge in [0.25, 0.3) is 5.91 Å². The van der Waals surface area contributed by atoms with Crippen molar-refractivity contribution >= 4 is 11.8 Å². The summed E-state index contributed by atoms with van der Waals surface area (Å²) in [5.41, 5.74) is 4.48. The normalized spacial score (nSPS) is 38.2. The van der Waals surface area contributed by atoms with Crippen LogP contribution in [0.15, 0.2) is 0 Å². The molecule has 3 rings (SSSR count). The van der Waals surface area contributed by atoms with E-state index in [9.17, 15) is 65.8 Å². The number of hydroxylamine groups is 2. The van der Waals surface area contributed by atoms with E-state index in [1.807, 2.05) is 0 Å². The smallest absolute Gasteiger partial charge is 0.275 e. The zero-order valence-electron chi connectivity index (χ0n) is 31.8. The van der Waals surface area contributed by atoms with Crippen LogP contribution < -0.4 is 16.3 Å². The third-order valence-corrected chi connectivity index (χ3v) is 9.51. The first-order chi connectivity index (χ1) is 27.0. The SMILES string of the molecule is COCC1O[C@H](OCC(O)[C@@H](O)[C@H](O)C(O)CNOCCCONC(=O)C2O[C@@H](O[C@@H]3C(NC(C)=O)C(C)OC(CO)[C@H]3O)C(O)[C@@H](O)[C@@H]2OC)C(O)[C@@H](O)[C@@H]1O. The second kappa shape index (κ2) is 23.8. The summed E-state index contributed by atoms with van der Waals surface area (Å²) in [5.74, 6) is -1.45. The van der Waals surface area contributed by atoms with Crippen molar-refractivity contribution in [1.29, 1.82) is 0 Å².